The van der Waals surface area contributed by atoms with Crippen LogP contribution in [0, 0.1) is 0 Å². The summed E-state index contributed by atoms with van der Waals surface area (Å²) in [7, 11) is 0. The average molecular weight is 475 g/mol. The number of hydrogen-bond donors (Lipinski definition) is 2. The van der Waals surface area contributed by atoms with Gasteiger partial charge in [-0.3, -0.25) is 19.1 Å². The zero-order valence-corrected chi connectivity index (χ0v) is 19.6. The number of fused-ring (bicyclic) bond motifs is 1. The summed E-state index contributed by atoms with van der Waals surface area (Å²) in [5.41, 5.74) is 5.26. The van der Waals surface area contributed by atoms with E-state index in [1.165, 1.54) is 21.2 Å². The van der Waals surface area contributed by atoms with Crippen molar-refractivity contribution in [2.75, 3.05) is 29.6 Å². The Morgan fingerprint density at radius 2 is 1.94 bits per heavy atom. The molecule has 1 aromatic carbocycles. The van der Waals surface area contributed by atoms with Crippen molar-refractivity contribution in [1.29, 1.82) is 0 Å². The van der Waals surface area contributed by atoms with E-state index in [9.17, 15) is 14.4 Å². The predicted octanol–water partition coefficient (Wildman–Crippen LogP) is 2.76. The number of unbranched alkanes of at least 4 members (excludes halogenated alkanes) is 1. The molecule has 1 aromatic heterocycles. The second kappa shape index (κ2) is 10.4. The summed E-state index contributed by atoms with van der Waals surface area (Å²) in [5, 5.41) is 0. The van der Waals surface area contributed by atoms with E-state index >= 15 is 0 Å². The number of amides is 1. The maximum Gasteiger partial charge on any atom is 0.330 e. The number of nitrogens with two attached hydrogens (primary N) is 1. The van der Waals surface area contributed by atoms with Gasteiger partial charge in [-0.1, -0.05) is 26.2 Å². The van der Waals surface area contributed by atoms with E-state index in [0.29, 0.717) is 31.3 Å². The predicted molar refractivity (Wildman–Crippen MR) is 129 cm³/mol. The Labute approximate surface area is 196 Å². The highest BCUT2D eigenvalue weighted by Gasteiger charge is 2.32. The number of anilines is 2. The number of nitrogen functional groups attached to an aromatic ring is 1. The first-order valence-electron chi connectivity index (χ1n) is 11.5. The smallest absolute Gasteiger partial charge is 0.330 e. The van der Waals surface area contributed by atoms with Gasteiger partial charge in [-0.25, -0.2) is 4.79 Å². The highest BCUT2D eigenvalue weighted by Crippen LogP contribution is 2.35. The van der Waals surface area contributed by atoms with Gasteiger partial charge in [0.05, 0.1) is 5.75 Å². The van der Waals surface area contributed by atoms with Crippen LogP contribution in [0.1, 0.15) is 45.4 Å². The fourth-order valence-corrected chi connectivity index (χ4v) is 5.13. The third kappa shape index (κ3) is 5.05. The minimum absolute atomic E-state index is 0.0572. The Balaban J connectivity index is 1.61. The van der Waals surface area contributed by atoms with E-state index in [-0.39, 0.29) is 29.2 Å². The molecular weight excluding hydrogens is 444 g/mol. The number of nitrogens with one attached hydrogen (secondary N) is 1. The van der Waals surface area contributed by atoms with Gasteiger partial charge in [0, 0.05) is 17.5 Å². The molecule has 0 radical (unpaired) electrons. The second-order valence-electron chi connectivity index (χ2n) is 8.29. The molecule has 1 saturated carbocycles. The third-order valence-electron chi connectivity index (χ3n) is 6.02. The molecule has 0 atom stereocenters. The third-order valence-corrected chi connectivity index (χ3v) is 7.00. The maximum atomic E-state index is 13.5. The lowest BCUT2D eigenvalue weighted by atomic mass is 10.2. The number of hydrogen-bond acceptors (Lipinski definition) is 7. The van der Waals surface area contributed by atoms with E-state index in [2.05, 4.69) is 4.98 Å². The van der Waals surface area contributed by atoms with Crippen LogP contribution >= 0.6 is 11.8 Å². The Morgan fingerprint density at radius 1 is 1.21 bits per heavy atom. The molecule has 9 nitrogen and oxygen atoms in total. The highest BCUT2D eigenvalue weighted by molar-refractivity contribution is 8.00. The summed E-state index contributed by atoms with van der Waals surface area (Å²) in [6.45, 7) is 3.41. The van der Waals surface area contributed by atoms with Crippen molar-refractivity contribution < 1.29 is 14.3 Å². The van der Waals surface area contributed by atoms with Crippen molar-refractivity contribution in [3.8, 4) is 11.5 Å². The molecule has 2 heterocycles. The van der Waals surface area contributed by atoms with Gasteiger partial charge in [-0.2, -0.15) is 0 Å². The quantitative estimate of drug-likeness (QED) is 0.565. The van der Waals surface area contributed by atoms with Gasteiger partial charge >= 0.3 is 5.69 Å². The summed E-state index contributed by atoms with van der Waals surface area (Å²) < 4.78 is 12.5. The summed E-state index contributed by atoms with van der Waals surface area (Å²) >= 11 is 1.37. The van der Waals surface area contributed by atoms with Crippen molar-refractivity contribution in [1.82, 2.24) is 9.55 Å². The maximum absolute atomic E-state index is 13.5. The van der Waals surface area contributed by atoms with Crippen LogP contribution in [0.5, 0.6) is 11.5 Å². The number of carbonyl (C=O) groups excluding carboxylic acids is 1. The summed E-state index contributed by atoms with van der Waals surface area (Å²) in [5.74, 6) is 1.33. The van der Waals surface area contributed by atoms with E-state index < -0.39 is 11.2 Å². The molecule has 1 amide bonds. The zero-order chi connectivity index (χ0) is 23.4. The summed E-state index contributed by atoms with van der Waals surface area (Å²) in [6, 6.07) is 5.47. The van der Waals surface area contributed by atoms with E-state index in [1.54, 1.807) is 0 Å². The normalized spacial score (nSPS) is 15.5. The van der Waals surface area contributed by atoms with Crippen LogP contribution in [0.3, 0.4) is 0 Å². The first-order chi connectivity index (χ1) is 16.0. The molecule has 0 saturated heterocycles. The van der Waals surface area contributed by atoms with Crippen LogP contribution in [-0.4, -0.2) is 40.5 Å². The van der Waals surface area contributed by atoms with E-state index in [0.717, 1.165) is 43.4 Å². The zero-order valence-electron chi connectivity index (χ0n) is 18.8. The molecule has 0 unspecified atom stereocenters. The van der Waals surface area contributed by atoms with Gasteiger partial charge in [0.2, 0.25) is 5.91 Å². The number of nitrogens with zero attached hydrogens (tertiary/aromatic N) is 2. The summed E-state index contributed by atoms with van der Waals surface area (Å²) in [4.78, 5) is 43.4. The molecule has 3 N–H and O–H groups in total. The Morgan fingerprint density at radius 3 is 2.67 bits per heavy atom. The number of aromatic amines is 1. The molecular formula is C23H30N4O5S. The molecule has 33 heavy (non-hydrogen) atoms. The molecule has 178 valence electrons. The minimum atomic E-state index is -0.616. The van der Waals surface area contributed by atoms with Crippen LogP contribution in [-0.2, 0) is 11.3 Å². The number of ether oxygens (including phenoxy) is 2. The topological polar surface area (TPSA) is 120 Å². The Hall–Kier alpha value is -2.88. The summed E-state index contributed by atoms with van der Waals surface area (Å²) in [6.07, 6.45) is 5.18. The van der Waals surface area contributed by atoms with Crippen molar-refractivity contribution in [3.63, 3.8) is 0 Å². The van der Waals surface area contributed by atoms with Crippen molar-refractivity contribution in [2.45, 2.75) is 62.9 Å². The van der Waals surface area contributed by atoms with Gasteiger partial charge in [0.1, 0.15) is 19.0 Å². The van der Waals surface area contributed by atoms with Crippen LogP contribution in [0.25, 0.3) is 0 Å². The van der Waals surface area contributed by atoms with Gasteiger partial charge in [0.15, 0.2) is 17.2 Å². The molecule has 1 aliphatic heterocycles. The highest BCUT2D eigenvalue weighted by atomic mass is 32.2. The minimum Gasteiger partial charge on any atom is -0.486 e. The second-order valence-corrected chi connectivity index (χ2v) is 9.34. The largest absolute Gasteiger partial charge is 0.486 e. The molecule has 2 aliphatic rings. The molecule has 0 bridgehead atoms. The number of rotatable bonds is 8. The lowest BCUT2D eigenvalue weighted by Crippen LogP contribution is -2.46. The van der Waals surface area contributed by atoms with Crippen LogP contribution in [0.15, 0.2) is 32.7 Å². The lowest BCUT2D eigenvalue weighted by Gasteiger charge is -2.30. The monoisotopic (exact) mass is 474 g/mol. The average Bonchev–Trinajstić information content (AvgIpc) is 3.34. The van der Waals surface area contributed by atoms with Crippen molar-refractivity contribution in [2.24, 2.45) is 0 Å². The number of aromatic nitrogens is 2. The van der Waals surface area contributed by atoms with Crippen LogP contribution in [0.2, 0.25) is 0 Å². The first kappa shape index (κ1) is 23.3. The van der Waals surface area contributed by atoms with E-state index in [1.807, 2.05) is 25.1 Å². The lowest BCUT2D eigenvalue weighted by molar-refractivity contribution is -0.116. The standard InChI is InChI=1S/C23H30N4O5S/c1-2-3-10-26-21(24)20(22(29)25-23(26)30)27(15-6-4-5-7-15)19(28)14-33-16-8-9-17-18(13-16)32-12-11-31-17/h8-9,13,15H,2-7,10-12,14,24H2,1H3,(H,25,29,30). The van der Waals surface area contributed by atoms with Gasteiger partial charge in [0.25, 0.3) is 5.56 Å². The van der Waals surface area contributed by atoms with Crippen LogP contribution in [0.4, 0.5) is 11.5 Å². The number of carbonyl (C=O) groups is 1. The Bertz CT molecular complexity index is 1120. The molecule has 1 aliphatic carbocycles. The van der Waals surface area contributed by atoms with Crippen molar-refractivity contribution >= 4 is 29.2 Å². The molecule has 2 aromatic rings. The van der Waals surface area contributed by atoms with Crippen molar-refractivity contribution in [3.05, 3.63) is 39.0 Å². The fraction of sp³-hybridized carbons (Fsp3) is 0.522. The number of H-pyrrole nitrogens is 1. The van der Waals surface area contributed by atoms with Crippen LogP contribution < -0.4 is 31.4 Å². The fourth-order valence-electron chi connectivity index (χ4n) is 4.35. The SMILES string of the molecule is CCCCn1c(N)c(N(C(=O)CSc2ccc3c(c2)OCCO3)C2CCCC2)c(=O)[nH]c1=O. The molecule has 4 rings (SSSR count). The van der Waals surface area contributed by atoms with E-state index in [4.69, 9.17) is 15.2 Å². The molecule has 1 fully saturated rings. The van der Waals surface area contributed by atoms with Gasteiger partial charge < -0.3 is 20.1 Å². The molecule has 0 spiro atoms. The Kier molecular flexibility index (Phi) is 7.32. The molecule has 10 heteroatoms. The van der Waals surface area contributed by atoms with Gasteiger partial charge in [-0.15, -0.1) is 11.8 Å². The number of benzene rings is 1. The number of thioether (sulfide) groups is 1. The first-order valence-corrected chi connectivity index (χ1v) is 12.4. The van der Waals surface area contributed by atoms with Gasteiger partial charge in [-0.05, 0) is 37.5 Å².